The number of ether oxygens (including phenoxy) is 1. The average Bonchev–Trinajstić information content (AvgIpc) is 3.35. The van der Waals surface area contributed by atoms with E-state index in [-0.39, 0.29) is 17.9 Å². The van der Waals surface area contributed by atoms with Gasteiger partial charge in [0.1, 0.15) is 0 Å². The molecule has 1 saturated heterocycles. The Morgan fingerprint density at radius 2 is 1.97 bits per heavy atom. The fraction of sp³-hybridized carbons (Fsp3) is 0.591. The van der Waals surface area contributed by atoms with Crippen LogP contribution in [0, 0.1) is 12.8 Å². The van der Waals surface area contributed by atoms with Crippen LogP contribution in [0.4, 0.5) is 0 Å². The second kappa shape index (κ2) is 9.05. The van der Waals surface area contributed by atoms with Crippen LogP contribution in [0.25, 0.3) is 11.4 Å². The Hall–Kier alpha value is -2.25. The molecule has 2 unspecified atom stereocenters. The molecule has 7 heteroatoms. The first-order valence-electron chi connectivity index (χ1n) is 10.7. The molecule has 2 atom stereocenters. The van der Waals surface area contributed by atoms with Gasteiger partial charge in [-0.25, -0.2) is 0 Å². The molecule has 29 heavy (non-hydrogen) atoms. The van der Waals surface area contributed by atoms with E-state index in [4.69, 9.17) is 9.26 Å². The van der Waals surface area contributed by atoms with Crippen LogP contribution in [0.5, 0.6) is 0 Å². The van der Waals surface area contributed by atoms with E-state index in [9.17, 15) is 4.79 Å². The minimum atomic E-state index is 0.0988. The molecule has 0 N–H and O–H groups in total. The third-order valence-corrected chi connectivity index (χ3v) is 5.76. The van der Waals surface area contributed by atoms with Crippen LogP contribution in [-0.2, 0) is 16.0 Å². The first-order chi connectivity index (χ1) is 14.1. The Labute approximate surface area is 172 Å². The normalized spacial score (nSPS) is 22.1. The summed E-state index contributed by atoms with van der Waals surface area (Å²) in [5.74, 6) is 1.71. The van der Waals surface area contributed by atoms with Gasteiger partial charge in [-0.2, -0.15) is 4.98 Å². The molecule has 0 bridgehead atoms. The van der Waals surface area contributed by atoms with Crippen LogP contribution in [-0.4, -0.2) is 71.3 Å². The number of amides is 1. The molecule has 2 aromatic rings. The van der Waals surface area contributed by atoms with Crippen LogP contribution in [0.2, 0.25) is 0 Å². The number of hydrogen-bond acceptors (Lipinski definition) is 6. The molecule has 1 aromatic heterocycles. The molecular weight excluding hydrogens is 368 g/mol. The second-order valence-corrected chi connectivity index (χ2v) is 7.98. The molecule has 0 spiro atoms. The lowest BCUT2D eigenvalue weighted by Gasteiger charge is -2.34. The zero-order valence-electron chi connectivity index (χ0n) is 17.3. The summed E-state index contributed by atoms with van der Waals surface area (Å²) in [7, 11) is 0. The predicted molar refractivity (Wildman–Crippen MR) is 109 cm³/mol. The van der Waals surface area contributed by atoms with Crippen molar-refractivity contribution < 1.29 is 14.1 Å². The number of nitrogens with zero attached hydrogens (tertiary/aromatic N) is 4. The first kappa shape index (κ1) is 20.0. The molecule has 1 saturated carbocycles. The molecule has 1 aromatic carbocycles. The number of aromatic nitrogens is 2. The van der Waals surface area contributed by atoms with Crippen LogP contribution in [0.3, 0.4) is 0 Å². The molecule has 156 valence electrons. The summed E-state index contributed by atoms with van der Waals surface area (Å²) in [6.45, 7) is 9.19. The Morgan fingerprint density at radius 1 is 1.21 bits per heavy atom. The number of hydrogen-bond donors (Lipinski definition) is 0. The van der Waals surface area contributed by atoms with Crippen molar-refractivity contribution in [3.63, 3.8) is 0 Å². The van der Waals surface area contributed by atoms with E-state index in [0.29, 0.717) is 18.3 Å². The van der Waals surface area contributed by atoms with E-state index < -0.39 is 0 Å². The summed E-state index contributed by atoms with van der Waals surface area (Å²) in [5.41, 5.74) is 2.19. The van der Waals surface area contributed by atoms with Gasteiger partial charge in [0.2, 0.25) is 17.6 Å². The topological polar surface area (TPSA) is 71.7 Å². The average molecular weight is 399 g/mol. The van der Waals surface area contributed by atoms with E-state index >= 15 is 0 Å². The minimum Gasteiger partial charge on any atom is -0.378 e. The highest BCUT2D eigenvalue weighted by Gasteiger charge is 2.46. The van der Waals surface area contributed by atoms with E-state index in [1.165, 1.54) is 5.56 Å². The maximum absolute atomic E-state index is 12.5. The molecule has 2 fully saturated rings. The number of carbonyl (C=O) groups is 1. The van der Waals surface area contributed by atoms with Gasteiger partial charge in [-0.3, -0.25) is 9.69 Å². The minimum absolute atomic E-state index is 0.0988. The molecule has 7 nitrogen and oxygen atoms in total. The van der Waals surface area contributed by atoms with Gasteiger partial charge in [0, 0.05) is 44.8 Å². The number of carbonyl (C=O) groups excluding carboxylic acids is 1. The zero-order chi connectivity index (χ0) is 20.2. The summed E-state index contributed by atoms with van der Waals surface area (Å²) >= 11 is 0. The van der Waals surface area contributed by atoms with Crippen LogP contribution >= 0.6 is 0 Å². The van der Waals surface area contributed by atoms with E-state index in [1.54, 1.807) is 0 Å². The lowest BCUT2D eigenvalue weighted by atomic mass is 10.1. The third kappa shape index (κ3) is 5.03. The summed E-state index contributed by atoms with van der Waals surface area (Å²) < 4.78 is 11.0. The van der Waals surface area contributed by atoms with Gasteiger partial charge in [-0.15, -0.1) is 0 Å². The van der Waals surface area contributed by atoms with Gasteiger partial charge >= 0.3 is 0 Å². The van der Waals surface area contributed by atoms with Crippen molar-refractivity contribution in [1.29, 1.82) is 0 Å². The Kier molecular flexibility index (Phi) is 6.25. The maximum Gasteiger partial charge on any atom is 0.228 e. The van der Waals surface area contributed by atoms with Crippen LogP contribution in [0.15, 0.2) is 28.8 Å². The quantitative estimate of drug-likeness (QED) is 0.681. The highest BCUT2D eigenvalue weighted by atomic mass is 16.5. The second-order valence-electron chi connectivity index (χ2n) is 7.98. The molecule has 0 radical (unpaired) electrons. The Bertz CT molecular complexity index is 812. The van der Waals surface area contributed by atoms with E-state index in [1.807, 2.05) is 24.0 Å². The highest BCUT2D eigenvalue weighted by molar-refractivity contribution is 5.82. The SMILES string of the molecule is CCOC1CC1C(=O)N1CCN(CCCc2nc(-c3ccc(C)cc3)no2)CC1. The largest absolute Gasteiger partial charge is 0.378 e. The van der Waals surface area contributed by atoms with Gasteiger partial charge in [-0.1, -0.05) is 35.0 Å². The van der Waals surface area contributed by atoms with Crippen molar-refractivity contribution in [1.82, 2.24) is 19.9 Å². The van der Waals surface area contributed by atoms with Gasteiger partial charge in [0.05, 0.1) is 12.0 Å². The highest BCUT2D eigenvalue weighted by Crippen LogP contribution is 2.35. The van der Waals surface area contributed by atoms with Crippen molar-refractivity contribution in [3.8, 4) is 11.4 Å². The fourth-order valence-corrected chi connectivity index (χ4v) is 3.89. The van der Waals surface area contributed by atoms with Crippen molar-refractivity contribution in [3.05, 3.63) is 35.7 Å². The predicted octanol–water partition coefficient (Wildman–Crippen LogP) is 2.55. The Morgan fingerprint density at radius 3 is 2.69 bits per heavy atom. The first-order valence-corrected chi connectivity index (χ1v) is 10.7. The zero-order valence-corrected chi connectivity index (χ0v) is 17.3. The Balaban J connectivity index is 1.17. The summed E-state index contributed by atoms with van der Waals surface area (Å²) in [6.07, 6.45) is 2.79. The van der Waals surface area contributed by atoms with E-state index in [0.717, 1.165) is 57.5 Å². The van der Waals surface area contributed by atoms with Gasteiger partial charge < -0.3 is 14.2 Å². The molecule has 4 rings (SSSR count). The van der Waals surface area contributed by atoms with Crippen molar-refractivity contribution in [2.24, 2.45) is 5.92 Å². The van der Waals surface area contributed by atoms with Crippen LogP contribution < -0.4 is 0 Å². The standard InChI is InChI=1S/C22H30N4O3/c1-3-28-19-15-18(19)22(27)26-13-11-25(12-14-26)10-4-5-20-23-21(24-29-20)17-8-6-16(2)7-9-17/h6-9,18-19H,3-5,10-15H2,1-2H3. The van der Waals surface area contributed by atoms with Gasteiger partial charge in [0.25, 0.3) is 0 Å². The monoisotopic (exact) mass is 398 g/mol. The summed E-state index contributed by atoms with van der Waals surface area (Å²) in [6, 6.07) is 8.14. The molecular formula is C22H30N4O3. The summed E-state index contributed by atoms with van der Waals surface area (Å²) in [4.78, 5) is 21.4. The third-order valence-electron chi connectivity index (χ3n) is 5.76. The smallest absolute Gasteiger partial charge is 0.228 e. The molecule has 2 heterocycles. The number of rotatable bonds is 8. The number of aryl methyl sites for hydroxylation is 2. The number of benzene rings is 1. The van der Waals surface area contributed by atoms with E-state index in [2.05, 4.69) is 34.1 Å². The number of piperazine rings is 1. The molecule has 1 amide bonds. The molecule has 1 aliphatic carbocycles. The van der Waals surface area contributed by atoms with Gasteiger partial charge in [-0.05, 0) is 33.2 Å². The molecule has 2 aliphatic rings. The summed E-state index contributed by atoms with van der Waals surface area (Å²) in [5, 5.41) is 4.10. The van der Waals surface area contributed by atoms with Crippen molar-refractivity contribution in [2.75, 3.05) is 39.3 Å². The van der Waals surface area contributed by atoms with Crippen LogP contribution in [0.1, 0.15) is 31.2 Å². The molecule has 1 aliphatic heterocycles. The van der Waals surface area contributed by atoms with Crippen molar-refractivity contribution in [2.45, 2.75) is 39.2 Å². The van der Waals surface area contributed by atoms with Crippen molar-refractivity contribution >= 4 is 5.91 Å². The lowest BCUT2D eigenvalue weighted by molar-refractivity contribution is -0.135. The van der Waals surface area contributed by atoms with Gasteiger partial charge in [0.15, 0.2) is 0 Å². The maximum atomic E-state index is 12.5. The fourth-order valence-electron chi connectivity index (χ4n) is 3.89. The lowest BCUT2D eigenvalue weighted by Crippen LogP contribution is -2.49.